The molecule has 0 radical (unpaired) electrons. The molecule has 0 rings (SSSR count). The second-order valence-electron chi connectivity index (χ2n) is 2.75. The zero-order valence-corrected chi connectivity index (χ0v) is 10.5. The van der Waals surface area contributed by atoms with Crippen LogP contribution >= 0.6 is 7.82 Å². The van der Waals surface area contributed by atoms with E-state index in [1.165, 1.54) is 0 Å². The van der Waals surface area contributed by atoms with Gasteiger partial charge in [-0.1, -0.05) is 6.58 Å². The van der Waals surface area contributed by atoms with E-state index in [4.69, 9.17) is 14.6 Å². The first kappa shape index (κ1) is 17.2. The summed E-state index contributed by atoms with van der Waals surface area (Å²) in [6, 6.07) is 0. The van der Waals surface area contributed by atoms with Crippen molar-refractivity contribution in [1.29, 1.82) is 0 Å². The van der Waals surface area contributed by atoms with E-state index >= 15 is 0 Å². The summed E-state index contributed by atoms with van der Waals surface area (Å²) in [5, 5.41) is 9.12. The SMILES string of the molecule is C=CC(=O)OCC(O)COP(=O)(O)OS(=O)(=O)O. The Bertz CT molecular complexity index is 441. The summed E-state index contributed by atoms with van der Waals surface area (Å²) in [6.45, 7) is 1.64. The Morgan fingerprint density at radius 3 is 2.44 bits per heavy atom. The van der Waals surface area contributed by atoms with Crippen molar-refractivity contribution < 1.29 is 45.6 Å². The molecule has 0 spiro atoms. The van der Waals surface area contributed by atoms with Crippen LogP contribution in [-0.2, 0) is 33.0 Å². The standard InChI is InChI=1S/C6H11O10PS/c1-2-6(8)14-3-5(7)4-15-17(9,10)16-18(11,12)13/h2,5,7H,1,3-4H2,(H,9,10)(H,11,12,13). The molecule has 0 saturated heterocycles. The smallest absolute Gasteiger partial charge is 0.460 e. The fraction of sp³-hybridized carbons (Fsp3) is 0.500. The van der Waals surface area contributed by atoms with Gasteiger partial charge in [0.25, 0.3) is 0 Å². The topological polar surface area (TPSA) is 157 Å². The lowest BCUT2D eigenvalue weighted by atomic mass is 10.4. The maximum Gasteiger partial charge on any atom is 0.488 e. The van der Waals surface area contributed by atoms with Crippen molar-refractivity contribution in [3.05, 3.63) is 12.7 Å². The van der Waals surface area contributed by atoms with Crippen LogP contribution in [0.2, 0.25) is 0 Å². The van der Waals surface area contributed by atoms with Gasteiger partial charge in [-0.05, 0) is 0 Å². The lowest BCUT2D eigenvalue weighted by Crippen LogP contribution is -2.23. The Morgan fingerprint density at radius 2 is 2.00 bits per heavy atom. The number of aliphatic hydroxyl groups excluding tert-OH is 1. The van der Waals surface area contributed by atoms with Gasteiger partial charge in [0.05, 0.1) is 6.61 Å². The van der Waals surface area contributed by atoms with Gasteiger partial charge in [-0.25, -0.2) is 9.36 Å². The Morgan fingerprint density at radius 1 is 1.44 bits per heavy atom. The van der Waals surface area contributed by atoms with Gasteiger partial charge in [-0.3, -0.25) is 9.08 Å². The number of hydrogen-bond donors (Lipinski definition) is 3. The van der Waals surface area contributed by atoms with Crippen LogP contribution < -0.4 is 0 Å². The average molecular weight is 306 g/mol. The van der Waals surface area contributed by atoms with E-state index in [9.17, 15) is 17.8 Å². The first-order valence-electron chi connectivity index (χ1n) is 4.19. The van der Waals surface area contributed by atoms with Crippen molar-refractivity contribution >= 4 is 24.2 Å². The van der Waals surface area contributed by atoms with E-state index in [0.717, 1.165) is 6.08 Å². The van der Waals surface area contributed by atoms with Crippen LogP contribution in [0.1, 0.15) is 0 Å². The first-order chi connectivity index (χ1) is 8.06. The van der Waals surface area contributed by atoms with Gasteiger partial charge in [0.15, 0.2) is 0 Å². The summed E-state index contributed by atoms with van der Waals surface area (Å²) in [7, 11) is -10.3. The zero-order chi connectivity index (χ0) is 14.4. The van der Waals surface area contributed by atoms with Crippen LogP contribution in [0.4, 0.5) is 0 Å². The van der Waals surface area contributed by atoms with Gasteiger partial charge in [0.2, 0.25) is 0 Å². The molecule has 0 amide bonds. The monoisotopic (exact) mass is 306 g/mol. The molecule has 0 fully saturated rings. The highest BCUT2D eigenvalue weighted by Gasteiger charge is 2.29. The molecule has 0 aliphatic carbocycles. The lowest BCUT2D eigenvalue weighted by molar-refractivity contribution is -0.141. The summed E-state index contributed by atoms with van der Waals surface area (Å²) in [4.78, 5) is 19.3. The summed E-state index contributed by atoms with van der Waals surface area (Å²) in [5.41, 5.74) is 0. The largest absolute Gasteiger partial charge is 0.488 e. The number of aliphatic hydroxyl groups is 1. The third-order valence-corrected chi connectivity index (χ3v) is 3.19. The molecule has 2 atom stereocenters. The summed E-state index contributed by atoms with van der Waals surface area (Å²) in [5.74, 6) is -0.838. The van der Waals surface area contributed by atoms with E-state index in [1.54, 1.807) is 0 Å². The van der Waals surface area contributed by atoms with Crippen LogP contribution in [-0.4, -0.2) is 48.3 Å². The van der Waals surface area contributed by atoms with E-state index in [2.05, 4.69) is 19.8 Å². The molecular formula is C6H11O10PS. The van der Waals surface area contributed by atoms with Crippen LogP contribution in [0, 0.1) is 0 Å². The molecule has 3 N–H and O–H groups in total. The highest BCUT2D eigenvalue weighted by molar-refractivity contribution is 7.85. The van der Waals surface area contributed by atoms with Crippen molar-refractivity contribution in [3.8, 4) is 0 Å². The number of ether oxygens (including phenoxy) is 1. The molecule has 0 aromatic heterocycles. The van der Waals surface area contributed by atoms with Crippen molar-refractivity contribution in [3.63, 3.8) is 0 Å². The van der Waals surface area contributed by atoms with E-state index in [-0.39, 0.29) is 0 Å². The summed E-state index contributed by atoms with van der Waals surface area (Å²) >= 11 is 0. The second kappa shape index (κ2) is 6.95. The van der Waals surface area contributed by atoms with Crippen molar-refractivity contribution in [2.45, 2.75) is 6.10 Å². The minimum atomic E-state index is -5.18. The molecule has 2 unspecified atom stereocenters. The number of carbonyl (C=O) groups is 1. The Labute approximate surface area is 102 Å². The Kier molecular flexibility index (Phi) is 6.63. The third-order valence-electron chi connectivity index (χ3n) is 1.20. The number of phosphoric acid groups is 1. The molecular weight excluding hydrogens is 295 g/mol. The van der Waals surface area contributed by atoms with Gasteiger partial charge < -0.3 is 14.7 Å². The highest BCUT2D eigenvalue weighted by atomic mass is 32.3. The zero-order valence-electron chi connectivity index (χ0n) is 8.83. The highest BCUT2D eigenvalue weighted by Crippen LogP contribution is 2.44. The molecule has 0 aromatic rings. The minimum Gasteiger partial charge on any atom is -0.460 e. The summed E-state index contributed by atoms with van der Waals surface area (Å²) < 4.78 is 50.9. The number of phosphoric ester groups is 1. The van der Waals surface area contributed by atoms with Gasteiger partial charge >= 0.3 is 24.2 Å². The van der Waals surface area contributed by atoms with Gasteiger partial charge in [0, 0.05) is 6.08 Å². The van der Waals surface area contributed by atoms with Crippen molar-refractivity contribution in [2.24, 2.45) is 0 Å². The molecule has 18 heavy (non-hydrogen) atoms. The fourth-order valence-electron chi connectivity index (χ4n) is 0.606. The van der Waals surface area contributed by atoms with Crippen LogP contribution in [0.5, 0.6) is 0 Å². The van der Waals surface area contributed by atoms with Gasteiger partial charge in [0.1, 0.15) is 12.7 Å². The maximum atomic E-state index is 10.9. The normalized spacial score (nSPS) is 16.6. The van der Waals surface area contributed by atoms with Crippen LogP contribution in [0.25, 0.3) is 0 Å². The molecule has 0 heterocycles. The van der Waals surface area contributed by atoms with E-state index in [0.29, 0.717) is 0 Å². The molecule has 0 saturated carbocycles. The van der Waals surface area contributed by atoms with Crippen LogP contribution in [0.15, 0.2) is 12.7 Å². The molecule has 106 valence electrons. The number of esters is 1. The average Bonchev–Trinajstić information content (AvgIpc) is 2.19. The van der Waals surface area contributed by atoms with Gasteiger partial charge in [-0.2, -0.15) is 8.42 Å². The Hall–Kier alpha value is -0.810. The molecule has 0 aromatic carbocycles. The third kappa shape index (κ3) is 9.24. The predicted molar refractivity (Wildman–Crippen MR) is 55.6 cm³/mol. The van der Waals surface area contributed by atoms with Crippen LogP contribution in [0.3, 0.4) is 0 Å². The number of hydrogen-bond acceptors (Lipinski definition) is 8. The predicted octanol–water partition coefficient (Wildman–Crippen LogP) is -0.987. The molecule has 0 bridgehead atoms. The lowest BCUT2D eigenvalue weighted by Gasteiger charge is -2.13. The second-order valence-corrected chi connectivity index (χ2v) is 5.40. The van der Waals surface area contributed by atoms with Crippen molar-refractivity contribution in [1.82, 2.24) is 0 Å². The molecule has 10 nitrogen and oxygen atoms in total. The molecule has 0 aliphatic heterocycles. The maximum absolute atomic E-state index is 10.9. The molecule has 0 aliphatic rings. The Balaban J connectivity index is 4.12. The number of carbonyl (C=O) groups excluding carboxylic acids is 1. The first-order valence-corrected chi connectivity index (χ1v) is 7.05. The summed E-state index contributed by atoms with van der Waals surface area (Å²) in [6.07, 6.45) is -0.675. The minimum absolute atomic E-state index is 0.573. The quantitative estimate of drug-likeness (QED) is 0.220. The van der Waals surface area contributed by atoms with Crippen molar-refractivity contribution in [2.75, 3.05) is 13.2 Å². The number of rotatable bonds is 8. The van der Waals surface area contributed by atoms with Gasteiger partial charge in [-0.15, -0.1) is 3.97 Å². The fourth-order valence-corrected chi connectivity index (χ4v) is 2.09. The van der Waals surface area contributed by atoms with E-state index in [1.807, 2.05) is 0 Å². The van der Waals surface area contributed by atoms with E-state index < -0.39 is 43.5 Å². The molecule has 12 heteroatoms.